The van der Waals surface area contributed by atoms with Crippen LogP contribution in [0.3, 0.4) is 0 Å². The summed E-state index contributed by atoms with van der Waals surface area (Å²) in [4.78, 5) is 11.1. The summed E-state index contributed by atoms with van der Waals surface area (Å²) >= 11 is 0. The lowest BCUT2D eigenvalue weighted by molar-refractivity contribution is -0.138. The Morgan fingerprint density at radius 3 is 2.53 bits per heavy atom. The summed E-state index contributed by atoms with van der Waals surface area (Å²) in [6.07, 6.45) is 0.824. The van der Waals surface area contributed by atoms with E-state index in [1.165, 1.54) is 0 Å². The van der Waals surface area contributed by atoms with Gasteiger partial charge in [0.25, 0.3) is 0 Å². The maximum absolute atomic E-state index is 11.1. The molecule has 0 radical (unpaired) electrons. The first kappa shape index (κ1) is 13.7. The standard InChI is InChI=1S/C14H21NO2/c1-4-12(15)14(3,9-13(16)17)11-8-6-5-7-10(11)2/h5-8,12H,4,9,15H2,1-3H3,(H,16,17). The van der Waals surface area contributed by atoms with Crippen LogP contribution in [0.25, 0.3) is 0 Å². The van der Waals surface area contributed by atoms with Crippen LogP contribution in [0.1, 0.15) is 37.8 Å². The maximum Gasteiger partial charge on any atom is 0.304 e. The molecule has 0 fully saturated rings. The lowest BCUT2D eigenvalue weighted by atomic mass is 9.71. The number of hydrogen-bond donors (Lipinski definition) is 2. The fraction of sp³-hybridized carbons (Fsp3) is 0.500. The lowest BCUT2D eigenvalue weighted by Crippen LogP contribution is -2.44. The first-order valence-corrected chi connectivity index (χ1v) is 5.95. The van der Waals surface area contributed by atoms with Crippen molar-refractivity contribution in [1.29, 1.82) is 0 Å². The number of carboxylic acid groups (broad SMARTS) is 1. The molecular formula is C14H21NO2. The molecule has 0 heterocycles. The first-order valence-electron chi connectivity index (χ1n) is 5.95. The number of aliphatic carboxylic acids is 1. The van der Waals surface area contributed by atoms with Gasteiger partial charge >= 0.3 is 5.97 Å². The van der Waals surface area contributed by atoms with Crippen LogP contribution in [0.5, 0.6) is 0 Å². The molecule has 3 heteroatoms. The molecule has 0 amide bonds. The molecule has 1 rings (SSSR count). The summed E-state index contributed by atoms with van der Waals surface area (Å²) in [6.45, 7) is 5.93. The number of carbonyl (C=O) groups is 1. The van der Waals surface area contributed by atoms with Crippen LogP contribution in [0.15, 0.2) is 24.3 Å². The summed E-state index contributed by atoms with van der Waals surface area (Å²) < 4.78 is 0. The largest absolute Gasteiger partial charge is 0.481 e. The predicted octanol–water partition coefficient (Wildman–Crippen LogP) is 2.46. The van der Waals surface area contributed by atoms with Gasteiger partial charge < -0.3 is 10.8 Å². The number of benzene rings is 1. The highest BCUT2D eigenvalue weighted by Gasteiger charge is 2.35. The Labute approximate surface area is 103 Å². The van der Waals surface area contributed by atoms with Crippen molar-refractivity contribution in [2.45, 2.75) is 45.1 Å². The summed E-state index contributed by atoms with van der Waals surface area (Å²) in [5, 5.41) is 9.09. The highest BCUT2D eigenvalue weighted by molar-refractivity contribution is 5.69. The second kappa shape index (κ2) is 5.32. The highest BCUT2D eigenvalue weighted by Crippen LogP contribution is 2.34. The summed E-state index contributed by atoms with van der Waals surface area (Å²) in [6, 6.07) is 7.72. The summed E-state index contributed by atoms with van der Waals surface area (Å²) in [5.41, 5.74) is 7.77. The van der Waals surface area contributed by atoms with Crippen LogP contribution in [-0.2, 0) is 10.2 Å². The minimum Gasteiger partial charge on any atom is -0.481 e. The zero-order valence-electron chi connectivity index (χ0n) is 10.7. The first-order chi connectivity index (χ1) is 7.91. The molecule has 0 aliphatic rings. The average Bonchev–Trinajstić information content (AvgIpc) is 2.27. The Morgan fingerprint density at radius 2 is 2.06 bits per heavy atom. The zero-order valence-corrected chi connectivity index (χ0v) is 10.7. The highest BCUT2D eigenvalue weighted by atomic mass is 16.4. The number of hydrogen-bond acceptors (Lipinski definition) is 2. The number of aryl methyl sites for hydroxylation is 1. The van der Waals surface area contributed by atoms with Crippen molar-refractivity contribution < 1.29 is 9.90 Å². The molecule has 94 valence electrons. The predicted molar refractivity (Wildman–Crippen MR) is 69.1 cm³/mol. The van der Waals surface area contributed by atoms with Crippen molar-refractivity contribution in [3.63, 3.8) is 0 Å². The minimum atomic E-state index is -0.806. The van der Waals surface area contributed by atoms with Crippen LogP contribution in [-0.4, -0.2) is 17.1 Å². The number of rotatable bonds is 5. The van der Waals surface area contributed by atoms with Crippen molar-refractivity contribution in [3.8, 4) is 0 Å². The Balaban J connectivity index is 3.23. The molecule has 0 aromatic heterocycles. The third-order valence-corrected chi connectivity index (χ3v) is 3.54. The van der Waals surface area contributed by atoms with E-state index < -0.39 is 11.4 Å². The van der Waals surface area contributed by atoms with Gasteiger partial charge in [-0.1, -0.05) is 38.1 Å². The Morgan fingerprint density at radius 1 is 1.47 bits per heavy atom. The van der Waals surface area contributed by atoms with Crippen LogP contribution in [0.2, 0.25) is 0 Å². The van der Waals surface area contributed by atoms with Gasteiger partial charge in [-0.25, -0.2) is 0 Å². The van der Waals surface area contributed by atoms with Gasteiger partial charge in [-0.05, 0) is 24.5 Å². The molecule has 2 unspecified atom stereocenters. The third-order valence-electron chi connectivity index (χ3n) is 3.54. The van der Waals surface area contributed by atoms with E-state index in [0.717, 1.165) is 17.5 Å². The average molecular weight is 235 g/mol. The molecule has 0 spiro atoms. The van der Waals surface area contributed by atoms with Crippen molar-refractivity contribution in [2.24, 2.45) is 5.73 Å². The van der Waals surface area contributed by atoms with Gasteiger partial charge in [-0.3, -0.25) is 4.79 Å². The second-order valence-corrected chi connectivity index (χ2v) is 4.82. The molecule has 1 aromatic carbocycles. The van der Waals surface area contributed by atoms with E-state index in [1.807, 2.05) is 45.0 Å². The normalized spacial score (nSPS) is 16.2. The van der Waals surface area contributed by atoms with Crippen molar-refractivity contribution >= 4 is 5.97 Å². The van der Waals surface area contributed by atoms with Crippen LogP contribution >= 0.6 is 0 Å². The fourth-order valence-corrected chi connectivity index (χ4v) is 2.40. The Hall–Kier alpha value is -1.35. The lowest BCUT2D eigenvalue weighted by Gasteiger charge is -2.35. The van der Waals surface area contributed by atoms with Gasteiger partial charge in [0.1, 0.15) is 0 Å². The molecule has 1 aromatic rings. The number of carboxylic acids is 1. The zero-order chi connectivity index (χ0) is 13.1. The fourth-order valence-electron chi connectivity index (χ4n) is 2.40. The van der Waals surface area contributed by atoms with Gasteiger partial charge in [0, 0.05) is 11.5 Å². The quantitative estimate of drug-likeness (QED) is 0.824. The number of nitrogens with two attached hydrogens (primary N) is 1. The topological polar surface area (TPSA) is 63.3 Å². The van der Waals surface area contributed by atoms with E-state index >= 15 is 0 Å². The Bertz CT molecular complexity index is 403. The van der Waals surface area contributed by atoms with E-state index in [9.17, 15) is 4.79 Å². The molecule has 3 nitrogen and oxygen atoms in total. The Kier molecular flexibility index (Phi) is 4.29. The van der Waals surface area contributed by atoms with Crippen molar-refractivity contribution in [3.05, 3.63) is 35.4 Å². The van der Waals surface area contributed by atoms with E-state index in [4.69, 9.17) is 10.8 Å². The van der Waals surface area contributed by atoms with Gasteiger partial charge in [-0.15, -0.1) is 0 Å². The van der Waals surface area contributed by atoms with Crippen LogP contribution < -0.4 is 5.73 Å². The molecule has 0 saturated carbocycles. The molecule has 0 bridgehead atoms. The summed E-state index contributed by atoms with van der Waals surface area (Å²) in [7, 11) is 0. The van der Waals surface area contributed by atoms with Crippen molar-refractivity contribution in [1.82, 2.24) is 0 Å². The SMILES string of the molecule is CCC(N)C(C)(CC(=O)O)c1ccccc1C. The smallest absolute Gasteiger partial charge is 0.304 e. The molecule has 17 heavy (non-hydrogen) atoms. The molecule has 2 atom stereocenters. The molecule has 0 saturated heterocycles. The van der Waals surface area contributed by atoms with Gasteiger partial charge in [0.05, 0.1) is 6.42 Å². The molecule has 0 aliphatic heterocycles. The second-order valence-electron chi connectivity index (χ2n) is 4.82. The molecular weight excluding hydrogens is 214 g/mol. The minimum absolute atomic E-state index is 0.0624. The van der Waals surface area contributed by atoms with E-state index in [1.54, 1.807) is 0 Å². The van der Waals surface area contributed by atoms with Gasteiger partial charge in [0.2, 0.25) is 0 Å². The van der Waals surface area contributed by atoms with Crippen LogP contribution in [0.4, 0.5) is 0 Å². The van der Waals surface area contributed by atoms with Gasteiger partial charge in [-0.2, -0.15) is 0 Å². The van der Waals surface area contributed by atoms with Crippen molar-refractivity contribution in [2.75, 3.05) is 0 Å². The molecule has 3 N–H and O–H groups in total. The maximum atomic E-state index is 11.1. The summed E-state index contributed by atoms with van der Waals surface area (Å²) in [5.74, 6) is -0.806. The van der Waals surface area contributed by atoms with E-state index in [2.05, 4.69) is 0 Å². The monoisotopic (exact) mass is 235 g/mol. The molecule has 0 aliphatic carbocycles. The van der Waals surface area contributed by atoms with E-state index in [0.29, 0.717) is 0 Å². The van der Waals surface area contributed by atoms with Crippen LogP contribution in [0, 0.1) is 6.92 Å². The third kappa shape index (κ3) is 2.86. The van der Waals surface area contributed by atoms with E-state index in [-0.39, 0.29) is 12.5 Å². The van der Waals surface area contributed by atoms with Gasteiger partial charge in [0.15, 0.2) is 0 Å².